The number of anilines is 2. The summed E-state index contributed by atoms with van der Waals surface area (Å²) >= 11 is 3.32. The van der Waals surface area contributed by atoms with Gasteiger partial charge in [-0.05, 0) is 66.5 Å². The van der Waals surface area contributed by atoms with Crippen molar-refractivity contribution in [2.75, 3.05) is 23.3 Å². The van der Waals surface area contributed by atoms with E-state index in [1.165, 1.54) is 5.69 Å². The van der Waals surface area contributed by atoms with Crippen LogP contribution in [-0.2, 0) is 0 Å². The highest BCUT2D eigenvalue weighted by molar-refractivity contribution is 9.10. The van der Waals surface area contributed by atoms with E-state index in [1.807, 2.05) is 19.1 Å². The number of aryl methyl sites for hydroxylation is 1. The first-order valence-corrected chi connectivity index (χ1v) is 8.12. The number of benzene rings is 1. The van der Waals surface area contributed by atoms with Crippen LogP contribution in [0.15, 0.2) is 41.1 Å². The molecule has 1 amide bonds. The molecule has 116 valence electrons. The van der Waals surface area contributed by atoms with Crippen LogP contribution in [0.25, 0.3) is 0 Å². The Morgan fingerprint density at radius 1 is 1.23 bits per heavy atom. The molecule has 0 aliphatic rings. The number of rotatable bonds is 5. The fourth-order valence-electron chi connectivity index (χ4n) is 2.30. The predicted molar refractivity (Wildman–Crippen MR) is 94.6 cm³/mol. The maximum Gasteiger partial charge on any atom is 0.257 e. The summed E-state index contributed by atoms with van der Waals surface area (Å²) < 4.78 is 0.786. The van der Waals surface area contributed by atoms with Gasteiger partial charge in [0.2, 0.25) is 0 Å². The SMILES string of the molecule is CCN(CC)c1ccc(NC(=O)c2cncc(Br)c2)c(C)c1. The highest BCUT2D eigenvalue weighted by Crippen LogP contribution is 2.23. The van der Waals surface area contributed by atoms with E-state index >= 15 is 0 Å². The number of halogens is 1. The average Bonchev–Trinajstić information content (AvgIpc) is 2.51. The van der Waals surface area contributed by atoms with Crippen LogP contribution in [0.2, 0.25) is 0 Å². The number of aromatic nitrogens is 1. The zero-order valence-corrected chi connectivity index (χ0v) is 14.6. The van der Waals surface area contributed by atoms with Crippen molar-refractivity contribution in [3.05, 3.63) is 52.3 Å². The van der Waals surface area contributed by atoms with Crippen LogP contribution >= 0.6 is 15.9 Å². The van der Waals surface area contributed by atoms with Crippen LogP contribution in [0.3, 0.4) is 0 Å². The van der Waals surface area contributed by atoms with Gasteiger partial charge in [0, 0.05) is 41.3 Å². The lowest BCUT2D eigenvalue weighted by Crippen LogP contribution is -2.22. The summed E-state index contributed by atoms with van der Waals surface area (Å²) in [6.07, 6.45) is 3.21. The van der Waals surface area contributed by atoms with Crippen LogP contribution in [0, 0.1) is 6.92 Å². The average molecular weight is 362 g/mol. The van der Waals surface area contributed by atoms with Crippen LogP contribution in [0.4, 0.5) is 11.4 Å². The zero-order chi connectivity index (χ0) is 16.1. The maximum atomic E-state index is 12.3. The lowest BCUT2D eigenvalue weighted by molar-refractivity contribution is 0.102. The van der Waals surface area contributed by atoms with Gasteiger partial charge in [-0.3, -0.25) is 9.78 Å². The van der Waals surface area contributed by atoms with Crippen molar-refractivity contribution >= 4 is 33.2 Å². The Labute approximate surface area is 139 Å². The number of hydrogen-bond acceptors (Lipinski definition) is 3. The van der Waals surface area contributed by atoms with Crippen LogP contribution in [0.1, 0.15) is 29.8 Å². The molecule has 2 aromatic rings. The van der Waals surface area contributed by atoms with Crippen molar-refractivity contribution in [1.82, 2.24) is 4.98 Å². The summed E-state index contributed by atoms with van der Waals surface area (Å²) in [5.41, 5.74) is 3.56. The van der Waals surface area contributed by atoms with Gasteiger partial charge in [-0.25, -0.2) is 0 Å². The molecule has 0 aliphatic carbocycles. The van der Waals surface area contributed by atoms with E-state index in [-0.39, 0.29) is 5.91 Å². The third-order valence-corrected chi connectivity index (χ3v) is 3.99. The summed E-state index contributed by atoms with van der Waals surface area (Å²) in [7, 11) is 0. The molecule has 0 atom stereocenters. The minimum absolute atomic E-state index is 0.160. The third-order valence-electron chi connectivity index (χ3n) is 3.55. The van der Waals surface area contributed by atoms with Gasteiger partial charge < -0.3 is 10.2 Å². The smallest absolute Gasteiger partial charge is 0.257 e. The molecule has 0 aliphatic heterocycles. The van der Waals surface area contributed by atoms with Crippen molar-refractivity contribution in [3.8, 4) is 0 Å². The van der Waals surface area contributed by atoms with Crippen LogP contribution in [-0.4, -0.2) is 24.0 Å². The Hall–Kier alpha value is -1.88. The van der Waals surface area contributed by atoms with Gasteiger partial charge >= 0.3 is 0 Å². The van der Waals surface area contributed by atoms with E-state index in [0.717, 1.165) is 28.8 Å². The van der Waals surface area contributed by atoms with Gasteiger partial charge in [-0.2, -0.15) is 0 Å². The molecule has 0 unspecified atom stereocenters. The number of hydrogen-bond donors (Lipinski definition) is 1. The van der Waals surface area contributed by atoms with Crippen molar-refractivity contribution in [1.29, 1.82) is 0 Å². The summed E-state index contributed by atoms with van der Waals surface area (Å²) in [4.78, 5) is 18.6. The zero-order valence-electron chi connectivity index (χ0n) is 13.1. The fraction of sp³-hybridized carbons (Fsp3) is 0.294. The first kappa shape index (κ1) is 16.5. The fourth-order valence-corrected chi connectivity index (χ4v) is 2.67. The first-order chi connectivity index (χ1) is 10.5. The molecule has 0 radical (unpaired) electrons. The Balaban J connectivity index is 2.18. The lowest BCUT2D eigenvalue weighted by Gasteiger charge is -2.22. The van der Waals surface area contributed by atoms with Gasteiger partial charge in [0.15, 0.2) is 0 Å². The Bertz CT molecular complexity index is 669. The van der Waals surface area contributed by atoms with E-state index in [0.29, 0.717) is 5.56 Å². The maximum absolute atomic E-state index is 12.3. The lowest BCUT2D eigenvalue weighted by atomic mass is 10.1. The van der Waals surface area contributed by atoms with Crippen LogP contribution < -0.4 is 10.2 Å². The molecule has 5 heteroatoms. The molecule has 0 saturated carbocycles. The van der Waals surface area contributed by atoms with E-state index in [9.17, 15) is 4.79 Å². The minimum Gasteiger partial charge on any atom is -0.372 e. The van der Waals surface area contributed by atoms with Crippen molar-refractivity contribution < 1.29 is 4.79 Å². The molecule has 1 aromatic carbocycles. The molecule has 1 aromatic heterocycles. The van der Waals surface area contributed by atoms with E-state index in [2.05, 4.69) is 51.0 Å². The number of nitrogens with zero attached hydrogens (tertiary/aromatic N) is 2. The van der Waals surface area contributed by atoms with Gasteiger partial charge in [0.1, 0.15) is 0 Å². The van der Waals surface area contributed by atoms with Gasteiger partial charge in [-0.15, -0.1) is 0 Å². The number of nitrogens with one attached hydrogen (secondary N) is 1. The molecule has 0 saturated heterocycles. The topological polar surface area (TPSA) is 45.2 Å². The number of carbonyl (C=O) groups excluding carboxylic acids is 1. The number of carbonyl (C=O) groups is 1. The molecule has 0 bridgehead atoms. The van der Waals surface area contributed by atoms with E-state index in [1.54, 1.807) is 18.5 Å². The second kappa shape index (κ2) is 7.40. The van der Waals surface area contributed by atoms with Crippen molar-refractivity contribution in [3.63, 3.8) is 0 Å². The van der Waals surface area contributed by atoms with Gasteiger partial charge in [0.05, 0.1) is 5.56 Å². The second-order valence-corrected chi connectivity index (χ2v) is 5.93. The third kappa shape index (κ3) is 3.85. The minimum atomic E-state index is -0.160. The molecule has 1 heterocycles. The molecule has 4 nitrogen and oxygen atoms in total. The highest BCUT2D eigenvalue weighted by atomic mass is 79.9. The highest BCUT2D eigenvalue weighted by Gasteiger charge is 2.10. The molecule has 0 fully saturated rings. The Morgan fingerprint density at radius 3 is 2.55 bits per heavy atom. The Morgan fingerprint density at radius 2 is 1.95 bits per heavy atom. The number of amides is 1. The summed E-state index contributed by atoms with van der Waals surface area (Å²) in [6, 6.07) is 7.84. The first-order valence-electron chi connectivity index (χ1n) is 7.32. The number of pyridine rings is 1. The predicted octanol–water partition coefficient (Wildman–Crippen LogP) is 4.25. The summed E-state index contributed by atoms with van der Waals surface area (Å²) in [5, 5.41) is 2.94. The van der Waals surface area contributed by atoms with Gasteiger partial charge in [-0.1, -0.05) is 0 Å². The van der Waals surface area contributed by atoms with Gasteiger partial charge in [0.25, 0.3) is 5.91 Å². The monoisotopic (exact) mass is 361 g/mol. The quantitative estimate of drug-likeness (QED) is 0.865. The molecule has 22 heavy (non-hydrogen) atoms. The largest absolute Gasteiger partial charge is 0.372 e. The Kier molecular flexibility index (Phi) is 5.55. The molecular weight excluding hydrogens is 342 g/mol. The molecule has 1 N–H and O–H groups in total. The standard InChI is InChI=1S/C17H20BrN3O/c1-4-21(5-2)15-6-7-16(12(3)8-15)20-17(22)13-9-14(18)11-19-10-13/h6-11H,4-5H2,1-3H3,(H,20,22). The summed E-state index contributed by atoms with van der Waals surface area (Å²) in [5.74, 6) is -0.160. The molecule has 0 spiro atoms. The van der Waals surface area contributed by atoms with E-state index in [4.69, 9.17) is 0 Å². The van der Waals surface area contributed by atoms with Crippen molar-refractivity contribution in [2.24, 2.45) is 0 Å². The summed E-state index contributed by atoms with van der Waals surface area (Å²) in [6.45, 7) is 8.20. The molecule has 2 rings (SSSR count). The normalized spacial score (nSPS) is 10.4. The second-order valence-electron chi connectivity index (χ2n) is 5.02. The van der Waals surface area contributed by atoms with Crippen molar-refractivity contribution in [2.45, 2.75) is 20.8 Å². The molecular formula is C17H20BrN3O. The van der Waals surface area contributed by atoms with Crippen LogP contribution in [0.5, 0.6) is 0 Å². The van der Waals surface area contributed by atoms with E-state index < -0.39 is 0 Å².